The third-order valence-corrected chi connectivity index (χ3v) is 2.77. The van der Waals surface area contributed by atoms with Crippen LogP contribution >= 0.6 is 0 Å². The molecule has 82 valence electrons. The van der Waals surface area contributed by atoms with E-state index in [0.717, 1.165) is 25.1 Å². The number of benzene rings is 1. The van der Waals surface area contributed by atoms with Crippen LogP contribution in [0.2, 0.25) is 0 Å². The molecule has 1 saturated heterocycles. The van der Waals surface area contributed by atoms with Gasteiger partial charge < -0.3 is 10.1 Å². The van der Waals surface area contributed by atoms with Gasteiger partial charge in [0.05, 0.1) is 7.11 Å². The first-order valence-electron chi connectivity index (χ1n) is 4.96. The van der Waals surface area contributed by atoms with Gasteiger partial charge in [0.2, 0.25) is 5.82 Å². The van der Waals surface area contributed by atoms with Crippen LogP contribution in [0, 0.1) is 11.6 Å². The molecular formula is C11H13F2NO. The van der Waals surface area contributed by atoms with E-state index in [9.17, 15) is 8.78 Å². The fraction of sp³-hybridized carbons (Fsp3) is 0.455. The zero-order valence-electron chi connectivity index (χ0n) is 8.52. The summed E-state index contributed by atoms with van der Waals surface area (Å²) in [6.45, 7) is 1.74. The van der Waals surface area contributed by atoms with Crippen molar-refractivity contribution >= 4 is 0 Å². The van der Waals surface area contributed by atoms with Crippen LogP contribution in [0.3, 0.4) is 0 Å². The normalized spacial score (nSPS) is 20.6. The molecule has 1 N–H and O–H groups in total. The van der Waals surface area contributed by atoms with E-state index in [4.69, 9.17) is 4.74 Å². The van der Waals surface area contributed by atoms with Gasteiger partial charge >= 0.3 is 0 Å². The quantitative estimate of drug-likeness (QED) is 0.811. The highest BCUT2D eigenvalue weighted by Crippen LogP contribution is 2.29. The maximum absolute atomic E-state index is 13.2. The van der Waals surface area contributed by atoms with E-state index in [-0.39, 0.29) is 11.7 Å². The van der Waals surface area contributed by atoms with Gasteiger partial charge in [-0.1, -0.05) is 0 Å². The van der Waals surface area contributed by atoms with E-state index in [1.54, 1.807) is 6.07 Å². The molecule has 1 unspecified atom stereocenters. The Labute approximate surface area is 87.2 Å². The third kappa shape index (κ3) is 1.95. The summed E-state index contributed by atoms with van der Waals surface area (Å²) in [5.41, 5.74) is 0.802. The van der Waals surface area contributed by atoms with Gasteiger partial charge in [0, 0.05) is 6.54 Å². The largest absolute Gasteiger partial charge is 0.494 e. The van der Waals surface area contributed by atoms with E-state index in [1.807, 2.05) is 0 Å². The number of hydrogen-bond donors (Lipinski definition) is 1. The first-order chi connectivity index (χ1) is 7.22. The lowest BCUT2D eigenvalue weighted by molar-refractivity contribution is 0.370. The van der Waals surface area contributed by atoms with Crippen LogP contribution in [-0.2, 0) is 0 Å². The standard InChI is InChI=1S/C11H13F2NO/c1-15-10-5-8(4-9(12)11(10)13)7-2-3-14-6-7/h4-5,7,14H,2-3,6H2,1H3. The predicted molar refractivity (Wildman–Crippen MR) is 53.1 cm³/mol. The topological polar surface area (TPSA) is 21.3 Å². The van der Waals surface area contributed by atoms with E-state index >= 15 is 0 Å². The smallest absolute Gasteiger partial charge is 0.200 e. The van der Waals surface area contributed by atoms with Crippen molar-refractivity contribution in [2.75, 3.05) is 20.2 Å². The predicted octanol–water partition coefficient (Wildman–Crippen LogP) is 2.05. The number of nitrogens with one attached hydrogen (secondary N) is 1. The van der Waals surface area contributed by atoms with Crippen molar-refractivity contribution in [2.45, 2.75) is 12.3 Å². The fourth-order valence-electron chi connectivity index (χ4n) is 1.91. The lowest BCUT2D eigenvalue weighted by Gasteiger charge is -2.11. The Balaban J connectivity index is 2.35. The summed E-state index contributed by atoms with van der Waals surface area (Å²) >= 11 is 0. The second kappa shape index (κ2) is 4.14. The molecule has 4 heteroatoms. The van der Waals surface area contributed by atoms with Gasteiger partial charge in [0.1, 0.15) is 0 Å². The van der Waals surface area contributed by atoms with E-state index in [1.165, 1.54) is 13.2 Å². The fourth-order valence-corrected chi connectivity index (χ4v) is 1.91. The van der Waals surface area contributed by atoms with Gasteiger partial charge in [0.25, 0.3) is 0 Å². The highest BCUT2D eigenvalue weighted by molar-refractivity contribution is 5.34. The maximum Gasteiger partial charge on any atom is 0.200 e. The Kier molecular flexibility index (Phi) is 2.86. The van der Waals surface area contributed by atoms with Crippen molar-refractivity contribution in [1.29, 1.82) is 0 Å². The number of hydrogen-bond acceptors (Lipinski definition) is 2. The van der Waals surface area contributed by atoms with Gasteiger partial charge in [0.15, 0.2) is 11.6 Å². The van der Waals surface area contributed by atoms with Crippen molar-refractivity contribution in [3.63, 3.8) is 0 Å². The van der Waals surface area contributed by atoms with Crippen LogP contribution in [0.15, 0.2) is 12.1 Å². The molecule has 0 spiro atoms. The molecule has 1 aliphatic heterocycles. The molecule has 1 atom stereocenters. The number of rotatable bonds is 2. The van der Waals surface area contributed by atoms with Gasteiger partial charge in [-0.25, -0.2) is 4.39 Å². The summed E-state index contributed by atoms with van der Waals surface area (Å²) < 4.78 is 31.1. The van der Waals surface area contributed by atoms with Gasteiger partial charge in [-0.15, -0.1) is 0 Å². The molecule has 1 fully saturated rings. The van der Waals surface area contributed by atoms with Crippen molar-refractivity contribution in [3.05, 3.63) is 29.3 Å². The molecule has 1 aromatic rings. The van der Waals surface area contributed by atoms with Crippen molar-refractivity contribution < 1.29 is 13.5 Å². The van der Waals surface area contributed by atoms with Crippen LogP contribution < -0.4 is 10.1 Å². The van der Waals surface area contributed by atoms with Gasteiger partial charge in [-0.05, 0) is 36.6 Å². The van der Waals surface area contributed by atoms with Gasteiger partial charge in [-0.2, -0.15) is 4.39 Å². The van der Waals surface area contributed by atoms with E-state index in [0.29, 0.717) is 0 Å². The highest BCUT2D eigenvalue weighted by Gasteiger charge is 2.20. The molecule has 0 aliphatic carbocycles. The van der Waals surface area contributed by atoms with Gasteiger partial charge in [-0.3, -0.25) is 0 Å². The highest BCUT2D eigenvalue weighted by atomic mass is 19.2. The molecular weight excluding hydrogens is 200 g/mol. The Bertz CT molecular complexity index is 362. The molecule has 15 heavy (non-hydrogen) atoms. The van der Waals surface area contributed by atoms with Crippen LogP contribution in [0.1, 0.15) is 17.9 Å². The first kappa shape index (κ1) is 10.4. The van der Waals surface area contributed by atoms with Crippen LogP contribution in [0.4, 0.5) is 8.78 Å². The number of halogens is 2. The SMILES string of the molecule is COc1cc(C2CCNC2)cc(F)c1F. The lowest BCUT2D eigenvalue weighted by Crippen LogP contribution is -2.08. The van der Waals surface area contributed by atoms with Crippen LogP contribution in [-0.4, -0.2) is 20.2 Å². The summed E-state index contributed by atoms with van der Waals surface area (Å²) in [6, 6.07) is 2.84. The van der Waals surface area contributed by atoms with Crippen molar-refractivity contribution in [2.24, 2.45) is 0 Å². The zero-order chi connectivity index (χ0) is 10.8. The molecule has 1 aliphatic rings. The Morgan fingerprint density at radius 1 is 1.40 bits per heavy atom. The lowest BCUT2D eigenvalue weighted by atomic mass is 9.98. The maximum atomic E-state index is 13.2. The third-order valence-electron chi connectivity index (χ3n) is 2.77. The summed E-state index contributed by atoms with van der Waals surface area (Å²) in [4.78, 5) is 0. The Morgan fingerprint density at radius 2 is 2.20 bits per heavy atom. The summed E-state index contributed by atoms with van der Waals surface area (Å²) in [5.74, 6) is -1.51. The summed E-state index contributed by atoms with van der Waals surface area (Å²) in [7, 11) is 1.34. The van der Waals surface area contributed by atoms with Crippen LogP contribution in [0.25, 0.3) is 0 Å². The number of ether oxygens (including phenoxy) is 1. The molecule has 1 heterocycles. The minimum Gasteiger partial charge on any atom is -0.494 e. The molecule has 0 saturated carbocycles. The molecule has 2 nitrogen and oxygen atoms in total. The van der Waals surface area contributed by atoms with Crippen molar-refractivity contribution in [1.82, 2.24) is 5.32 Å². The molecule has 1 aromatic carbocycles. The zero-order valence-corrected chi connectivity index (χ0v) is 8.52. The van der Waals surface area contributed by atoms with E-state index < -0.39 is 11.6 Å². The minimum atomic E-state index is -0.910. The average Bonchev–Trinajstić information content (AvgIpc) is 2.75. The first-order valence-corrected chi connectivity index (χ1v) is 4.96. The molecule has 0 aromatic heterocycles. The van der Waals surface area contributed by atoms with Crippen LogP contribution in [0.5, 0.6) is 5.75 Å². The number of methoxy groups -OCH3 is 1. The summed E-state index contributed by atoms with van der Waals surface area (Å²) in [5, 5.41) is 3.19. The van der Waals surface area contributed by atoms with Crippen molar-refractivity contribution in [3.8, 4) is 5.75 Å². The average molecular weight is 213 g/mol. The molecule has 0 radical (unpaired) electrons. The van der Waals surface area contributed by atoms with E-state index in [2.05, 4.69) is 5.32 Å². The molecule has 0 bridgehead atoms. The second-order valence-corrected chi connectivity index (χ2v) is 3.71. The Hall–Kier alpha value is -1.16. The summed E-state index contributed by atoms with van der Waals surface area (Å²) in [6.07, 6.45) is 0.953. The minimum absolute atomic E-state index is 0.0168. The molecule has 0 amide bonds. The second-order valence-electron chi connectivity index (χ2n) is 3.71. The Morgan fingerprint density at radius 3 is 2.80 bits per heavy atom. The molecule has 2 rings (SSSR count). The monoisotopic (exact) mass is 213 g/mol.